The summed E-state index contributed by atoms with van der Waals surface area (Å²) in [5.41, 5.74) is 3.35. The third kappa shape index (κ3) is 2.84. The van der Waals surface area contributed by atoms with Crippen LogP contribution in [0.2, 0.25) is 0 Å². The highest BCUT2D eigenvalue weighted by Crippen LogP contribution is 2.30. The lowest BCUT2D eigenvalue weighted by Crippen LogP contribution is -2.30. The van der Waals surface area contributed by atoms with Gasteiger partial charge in [-0.1, -0.05) is 30.3 Å². The highest BCUT2D eigenvalue weighted by Gasteiger charge is 2.23. The molecule has 0 saturated carbocycles. The molecule has 0 N–H and O–H groups in total. The molecule has 0 aliphatic rings. The molecule has 0 aliphatic carbocycles. The van der Waals surface area contributed by atoms with Gasteiger partial charge in [-0.3, -0.25) is 9.78 Å². The number of para-hydroxylation sites is 2. The third-order valence-electron chi connectivity index (χ3n) is 4.64. The van der Waals surface area contributed by atoms with Crippen molar-refractivity contribution in [2.75, 3.05) is 7.05 Å². The van der Waals surface area contributed by atoms with Crippen LogP contribution in [0.3, 0.4) is 0 Å². The van der Waals surface area contributed by atoms with Crippen molar-refractivity contribution in [1.29, 1.82) is 0 Å². The normalized spacial score (nSPS) is 12.4. The Kier molecular flexibility index (Phi) is 4.17. The number of hydrogen-bond donors (Lipinski definition) is 0. The zero-order valence-electron chi connectivity index (χ0n) is 14.9. The summed E-state index contributed by atoms with van der Waals surface area (Å²) in [5.74, 6) is -0.0153. The van der Waals surface area contributed by atoms with E-state index >= 15 is 0 Å². The predicted octanol–water partition coefficient (Wildman–Crippen LogP) is 4.99. The summed E-state index contributed by atoms with van der Waals surface area (Å²) in [6, 6.07) is 17.6. The van der Waals surface area contributed by atoms with Gasteiger partial charge in [0.2, 0.25) is 0 Å². The van der Waals surface area contributed by atoms with E-state index in [4.69, 9.17) is 4.98 Å². The summed E-state index contributed by atoms with van der Waals surface area (Å²) < 4.78 is 1.14. The second-order valence-corrected chi connectivity index (χ2v) is 7.50. The molecule has 2 aromatic heterocycles. The first-order valence-electron chi connectivity index (χ1n) is 8.53. The van der Waals surface area contributed by atoms with E-state index in [9.17, 15) is 4.79 Å². The molecule has 0 saturated heterocycles. The summed E-state index contributed by atoms with van der Waals surface area (Å²) in [5, 5.41) is 1.82. The summed E-state index contributed by atoms with van der Waals surface area (Å²) in [4.78, 5) is 24.2. The van der Waals surface area contributed by atoms with Crippen LogP contribution in [-0.4, -0.2) is 27.8 Å². The van der Waals surface area contributed by atoms with Crippen LogP contribution in [0.5, 0.6) is 0 Å². The summed E-state index contributed by atoms with van der Waals surface area (Å²) in [6.45, 7) is 3.94. The molecule has 130 valence electrons. The van der Waals surface area contributed by atoms with Gasteiger partial charge in [-0.25, -0.2) is 4.98 Å². The molecular formula is C21H19N3OS. The Morgan fingerprint density at radius 1 is 1.04 bits per heavy atom. The van der Waals surface area contributed by atoms with Crippen molar-refractivity contribution in [2.45, 2.75) is 19.9 Å². The largest absolute Gasteiger partial charge is 0.332 e. The van der Waals surface area contributed by atoms with Crippen molar-refractivity contribution < 1.29 is 4.79 Å². The first-order valence-corrected chi connectivity index (χ1v) is 9.35. The van der Waals surface area contributed by atoms with Crippen LogP contribution in [0.1, 0.15) is 34.0 Å². The Labute approximate surface area is 156 Å². The summed E-state index contributed by atoms with van der Waals surface area (Å²) >= 11 is 1.64. The topological polar surface area (TPSA) is 46.1 Å². The van der Waals surface area contributed by atoms with E-state index in [0.29, 0.717) is 5.56 Å². The van der Waals surface area contributed by atoms with Crippen molar-refractivity contribution >= 4 is 38.4 Å². The lowest BCUT2D eigenvalue weighted by molar-refractivity contribution is 0.0744. The minimum atomic E-state index is -0.105. The van der Waals surface area contributed by atoms with Gasteiger partial charge in [-0.05, 0) is 38.1 Å². The molecule has 0 radical (unpaired) electrons. The number of amides is 1. The van der Waals surface area contributed by atoms with E-state index in [2.05, 4.69) is 11.1 Å². The van der Waals surface area contributed by atoms with Crippen molar-refractivity contribution in [3.8, 4) is 0 Å². The number of rotatable bonds is 3. The lowest BCUT2D eigenvalue weighted by atomic mass is 10.1. The molecule has 0 fully saturated rings. The molecule has 4 nitrogen and oxygen atoms in total. The van der Waals surface area contributed by atoms with Crippen LogP contribution in [0.25, 0.3) is 21.1 Å². The molecule has 26 heavy (non-hydrogen) atoms. The monoisotopic (exact) mass is 361 g/mol. The quantitative estimate of drug-likeness (QED) is 0.517. The lowest BCUT2D eigenvalue weighted by Gasteiger charge is -2.24. The van der Waals surface area contributed by atoms with Crippen LogP contribution in [-0.2, 0) is 0 Å². The number of carbonyl (C=O) groups is 1. The Balaban J connectivity index is 1.71. The Bertz CT molecular complexity index is 1090. The van der Waals surface area contributed by atoms with Crippen molar-refractivity contribution in [2.24, 2.45) is 0 Å². The predicted molar refractivity (Wildman–Crippen MR) is 107 cm³/mol. The van der Waals surface area contributed by atoms with Gasteiger partial charge < -0.3 is 4.90 Å². The van der Waals surface area contributed by atoms with Gasteiger partial charge in [0.25, 0.3) is 5.91 Å². The summed E-state index contributed by atoms with van der Waals surface area (Å²) in [7, 11) is 1.84. The van der Waals surface area contributed by atoms with Gasteiger partial charge in [0.15, 0.2) is 0 Å². The Hall–Kier alpha value is -2.79. The number of aromatic nitrogens is 2. The van der Waals surface area contributed by atoms with Gasteiger partial charge >= 0.3 is 0 Å². The van der Waals surface area contributed by atoms with Crippen LogP contribution < -0.4 is 0 Å². The maximum Gasteiger partial charge on any atom is 0.254 e. The molecule has 0 bridgehead atoms. The molecule has 1 atom stereocenters. The van der Waals surface area contributed by atoms with Crippen molar-refractivity contribution in [1.82, 2.24) is 14.9 Å². The van der Waals surface area contributed by atoms with Crippen LogP contribution >= 0.6 is 11.3 Å². The van der Waals surface area contributed by atoms with Crippen LogP contribution in [0.15, 0.2) is 54.6 Å². The smallest absolute Gasteiger partial charge is 0.254 e. The van der Waals surface area contributed by atoms with Gasteiger partial charge in [-0.2, -0.15) is 0 Å². The van der Waals surface area contributed by atoms with Gasteiger partial charge in [-0.15, -0.1) is 11.3 Å². The first-order chi connectivity index (χ1) is 12.5. The van der Waals surface area contributed by atoms with Gasteiger partial charge in [0, 0.05) is 18.1 Å². The Morgan fingerprint density at radius 3 is 2.50 bits per heavy atom. The highest BCUT2D eigenvalue weighted by atomic mass is 32.1. The maximum atomic E-state index is 13.2. The minimum Gasteiger partial charge on any atom is -0.332 e. The molecule has 1 amide bonds. The van der Waals surface area contributed by atoms with Crippen molar-refractivity contribution in [3.05, 3.63) is 70.9 Å². The average Bonchev–Trinajstić information content (AvgIpc) is 3.09. The van der Waals surface area contributed by atoms with Gasteiger partial charge in [0.05, 0.1) is 27.3 Å². The molecule has 0 aliphatic heterocycles. The van der Waals surface area contributed by atoms with E-state index < -0.39 is 0 Å². The molecule has 2 heterocycles. The van der Waals surface area contributed by atoms with E-state index in [1.807, 2.05) is 69.4 Å². The zero-order chi connectivity index (χ0) is 18.3. The van der Waals surface area contributed by atoms with E-state index in [0.717, 1.165) is 31.8 Å². The van der Waals surface area contributed by atoms with Gasteiger partial charge in [0.1, 0.15) is 5.01 Å². The fourth-order valence-electron chi connectivity index (χ4n) is 3.09. The molecule has 2 aromatic carbocycles. The van der Waals surface area contributed by atoms with Crippen LogP contribution in [0, 0.1) is 6.92 Å². The number of nitrogens with zero attached hydrogens (tertiary/aromatic N) is 3. The second kappa shape index (κ2) is 6.50. The number of carbonyl (C=O) groups excluding carboxylic acids is 1. The number of thiazole rings is 1. The number of hydrogen-bond acceptors (Lipinski definition) is 4. The summed E-state index contributed by atoms with van der Waals surface area (Å²) in [6.07, 6.45) is 0. The fraction of sp³-hybridized carbons (Fsp3) is 0.190. The van der Waals surface area contributed by atoms with Crippen LogP contribution in [0.4, 0.5) is 0 Å². The average molecular weight is 361 g/mol. The standard InChI is InChI=1S/C21H19N3OS/c1-13-12-16(15-8-4-5-9-17(15)22-13)21(25)24(3)14(2)20-23-18-10-6-7-11-19(18)26-20/h4-12,14H,1-3H3/t14-/m0/s1. The van der Waals surface area contributed by atoms with E-state index in [1.54, 1.807) is 16.2 Å². The van der Waals surface area contributed by atoms with E-state index in [1.165, 1.54) is 0 Å². The molecule has 4 aromatic rings. The number of benzene rings is 2. The van der Waals surface area contributed by atoms with E-state index in [-0.39, 0.29) is 11.9 Å². The molecule has 0 spiro atoms. The maximum absolute atomic E-state index is 13.2. The zero-order valence-corrected chi connectivity index (χ0v) is 15.7. The number of pyridine rings is 1. The Morgan fingerprint density at radius 2 is 1.73 bits per heavy atom. The second-order valence-electron chi connectivity index (χ2n) is 6.44. The number of aryl methyl sites for hydroxylation is 1. The minimum absolute atomic E-state index is 0.0153. The number of fused-ring (bicyclic) bond motifs is 2. The molecule has 5 heteroatoms. The molecule has 0 unspecified atom stereocenters. The molecular weight excluding hydrogens is 342 g/mol. The fourth-order valence-corrected chi connectivity index (χ4v) is 4.15. The molecule has 4 rings (SSSR count). The first kappa shape index (κ1) is 16.7. The third-order valence-corrected chi connectivity index (χ3v) is 5.85. The SMILES string of the molecule is Cc1cc(C(=O)N(C)[C@@H](C)c2nc3ccccc3s2)c2ccccc2n1. The van der Waals surface area contributed by atoms with Crippen molar-refractivity contribution in [3.63, 3.8) is 0 Å². The highest BCUT2D eigenvalue weighted by molar-refractivity contribution is 7.18.